The summed E-state index contributed by atoms with van der Waals surface area (Å²) in [6, 6.07) is 9.91. The second kappa shape index (κ2) is 8.71. The van der Waals surface area contributed by atoms with E-state index in [-0.39, 0.29) is 11.8 Å². The molecule has 1 N–H and O–H groups in total. The van der Waals surface area contributed by atoms with Gasteiger partial charge in [-0.15, -0.1) is 5.10 Å². The fraction of sp³-hybridized carbons (Fsp3) is 0.556. The van der Waals surface area contributed by atoms with Crippen molar-refractivity contribution < 1.29 is 4.79 Å². The summed E-state index contributed by atoms with van der Waals surface area (Å²) in [5.74, 6) is 1.18. The summed E-state index contributed by atoms with van der Waals surface area (Å²) in [6.45, 7) is 5.42. The van der Waals surface area contributed by atoms with Gasteiger partial charge in [-0.05, 0) is 54.9 Å². The maximum absolute atomic E-state index is 12.2. The minimum atomic E-state index is 0.137. The molecule has 1 aromatic carbocycles. The molecular formula is C18H26N6O. The van der Waals surface area contributed by atoms with E-state index in [1.807, 2.05) is 30.3 Å². The first-order chi connectivity index (χ1) is 12.3. The molecule has 0 spiro atoms. The summed E-state index contributed by atoms with van der Waals surface area (Å²) in [5, 5.41) is 15.1. The molecule has 134 valence electrons. The predicted octanol–water partition coefficient (Wildman–Crippen LogP) is 1.79. The molecule has 1 aliphatic rings. The van der Waals surface area contributed by atoms with E-state index >= 15 is 0 Å². The Morgan fingerprint density at radius 3 is 2.72 bits per heavy atom. The number of aromatic nitrogens is 4. The zero-order chi connectivity index (χ0) is 17.5. The molecule has 0 atom stereocenters. The Balaban J connectivity index is 1.52. The minimum absolute atomic E-state index is 0.137. The molecule has 0 saturated carbocycles. The molecule has 3 rings (SSSR count). The highest BCUT2D eigenvalue weighted by Crippen LogP contribution is 2.19. The van der Waals surface area contributed by atoms with Gasteiger partial charge in [0.05, 0.1) is 12.2 Å². The van der Waals surface area contributed by atoms with E-state index < -0.39 is 0 Å². The van der Waals surface area contributed by atoms with Crippen LogP contribution >= 0.6 is 0 Å². The molecule has 0 bridgehead atoms. The van der Waals surface area contributed by atoms with Gasteiger partial charge in [-0.25, -0.2) is 0 Å². The average Bonchev–Trinajstić information content (AvgIpc) is 3.11. The number of amides is 1. The molecule has 0 aliphatic carbocycles. The summed E-state index contributed by atoms with van der Waals surface area (Å²) < 4.78 is 1.78. The van der Waals surface area contributed by atoms with E-state index in [1.54, 1.807) is 4.68 Å². The summed E-state index contributed by atoms with van der Waals surface area (Å²) >= 11 is 0. The highest BCUT2D eigenvalue weighted by molar-refractivity contribution is 5.78. The number of likely N-dealkylation sites (tertiary alicyclic amines) is 1. The van der Waals surface area contributed by atoms with Gasteiger partial charge < -0.3 is 5.32 Å². The Labute approximate surface area is 148 Å². The normalized spacial score (nSPS) is 16.0. The van der Waals surface area contributed by atoms with Crippen molar-refractivity contribution in [3.8, 4) is 5.69 Å². The van der Waals surface area contributed by atoms with Crippen LogP contribution in [0.3, 0.4) is 0 Å². The molecule has 2 heterocycles. The van der Waals surface area contributed by atoms with Gasteiger partial charge in [0.2, 0.25) is 5.91 Å². The number of piperidine rings is 1. The van der Waals surface area contributed by atoms with Crippen molar-refractivity contribution in [2.24, 2.45) is 5.92 Å². The van der Waals surface area contributed by atoms with Crippen LogP contribution in [-0.4, -0.2) is 50.6 Å². The number of unbranched alkanes of at least 4 members (excludes halogenated alkanes) is 1. The van der Waals surface area contributed by atoms with Crippen LogP contribution in [0.15, 0.2) is 30.3 Å². The SMILES string of the molecule is CCCCNC(=O)C1CCN(Cc2nnnn2-c2ccccc2)CC1. The number of para-hydroxylation sites is 1. The van der Waals surface area contributed by atoms with Crippen LogP contribution < -0.4 is 5.32 Å². The number of nitrogens with zero attached hydrogens (tertiary/aromatic N) is 5. The first-order valence-electron chi connectivity index (χ1n) is 9.10. The molecule has 7 nitrogen and oxygen atoms in total. The number of hydrogen-bond acceptors (Lipinski definition) is 5. The molecule has 1 aromatic heterocycles. The van der Waals surface area contributed by atoms with Crippen LogP contribution in [0.4, 0.5) is 0 Å². The zero-order valence-corrected chi connectivity index (χ0v) is 14.8. The van der Waals surface area contributed by atoms with Gasteiger partial charge >= 0.3 is 0 Å². The lowest BCUT2D eigenvalue weighted by Crippen LogP contribution is -2.40. The lowest BCUT2D eigenvalue weighted by molar-refractivity contribution is -0.126. The van der Waals surface area contributed by atoms with Crippen molar-refractivity contribution in [1.29, 1.82) is 0 Å². The zero-order valence-electron chi connectivity index (χ0n) is 14.8. The topological polar surface area (TPSA) is 75.9 Å². The number of carbonyl (C=O) groups excluding carboxylic acids is 1. The Morgan fingerprint density at radius 1 is 1.24 bits per heavy atom. The smallest absolute Gasteiger partial charge is 0.223 e. The number of tetrazole rings is 1. The number of nitrogens with one attached hydrogen (secondary N) is 1. The van der Waals surface area contributed by atoms with Crippen LogP contribution in [0.2, 0.25) is 0 Å². The monoisotopic (exact) mass is 342 g/mol. The standard InChI is InChI=1S/C18H26N6O/c1-2-3-11-19-18(25)15-9-12-23(13-10-15)14-17-20-21-22-24(17)16-7-5-4-6-8-16/h4-8,15H,2-3,9-14H2,1H3,(H,19,25). The Morgan fingerprint density at radius 2 is 2.00 bits per heavy atom. The van der Waals surface area contributed by atoms with Crippen LogP contribution in [-0.2, 0) is 11.3 Å². The molecule has 1 fully saturated rings. The first-order valence-corrected chi connectivity index (χ1v) is 9.10. The molecule has 1 aliphatic heterocycles. The first kappa shape index (κ1) is 17.5. The minimum Gasteiger partial charge on any atom is -0.356 e. The van der Waals surface area contributed by atoms with E-state index in [1.165, 1.54) is 0 Å². The highest BCUT2D eigenvalue weighted by Gasteiger charge is 2.25. The summed E-state index contributed by atoms with van der Waals surface area (Å²) in [7, 11) is 0. The van der Waals surface area contributed by atoms with Crippen LogP contribution in [0.5, 0.6) is 0 Å². The number of carbonyl (C=O) groups is 1. The molecule has 1 amide bonds. The largest absolute Gasteiger partial charge is 0.356 e. The van der Waals surface area contributed by atoms with Gasteiger partial charge in [0.1, 0.15) is 0 Å². The van der Waals surface area contributed by atoms with Crippen molar-refractivity contribution in [2.45, 2.75) is 39.2 Å². The molecule has 2 aromatic rings. The number of hydrogen-bond donors (Lipinski definition) is 1. The molecule has 25 heavy (non-hydrogen) atoms. The lowest BCUT2D eigenvalue weighted by atomic mass is 9.96. The molecule has 1 saturated heterocycles. The van der Waals surface area contributed by atoms with Gasteiger partial charge in [-0.3, -0.25) is 9.69 Å². The van der Waals surface area contributed by atoms with E-state index in [9.17, 15) is 4.79 Å². The van der Waals surface area contributed by atoms with Gasteiger partial charge in [-0.1, -0.05) is 31.5 Å². The third-order valence-corrected chi connectivity index (χ3v) is 4.69. The Kier molecular flexibility index (Phi) is 6.11. The summed E-state index contributed by atoms with van der Waals surface area (Å²) in [5.41, 5.74) is 0.965. The number of rotatable bonds is 7. The molecule has 0 radical (unpaired) electrons. The quantitative estimate of drug-likeness (QED) is 0.777. The van der Waals surface area contributed by atoms with Gasteiger partial charge in [-0.2, -0.15) is 4.68 Å². The van der Waals surface area contributed by atoms with E-state index in [0.29, 0.717) is 6.54 Å². The molecule has 7 heteroatoms. The van der Waals surface area contributed by atoms with Gasteiger partial charge in [0, 0.05) is 12.5 Å². The van der Waals surface area contributed by atoms with E-state index in [4.69, 9.17) is 0 Å². The van der Waals surface area contributed by atoms with Crippen molar-refractivity contribution in [3.63, 3.8) is 0 Å². The third-order valence-electron chi connectivity index (χ3n) is 4.69. The summed E-state index contributed by atoms with van der Waals surface area (Å²) in [4.78, 5) is 14.5. The second-order valence-electron chi connectivity index (χ2n) is 6.54. The maximum atomic E-state index is 12.2. The molecule has 0 unspecified atom stereocenters. The maximum Gasteiger partial charge on any atom is 0.223 e. The van der Waals surface area contributed by atoms with Crippen LogP contribution in [0.25, 0.3) is 5.69 Å². The van der Waals surface area contributed by atoms with Crippen molar-refractivity contribution in [3.05, 3.63) is 36.2 Å². The van der Waals surface area contributed by atoms with Crippen molar-refractivity contribution >= 4 is 5.91 Å². The third kappa shape index (κ3) is 4.63. The van der Waals surface area contributed by atoms with Crippen LogP contribution in [0, 0.1) is 5.92 Å². The lowest BCUT2D eigenvalue weighted by Gasteiger charge is -2.30. The number of benzene rings is 1. The van der Waals surface area contributed by atoms with E-state index in [0.717, 1.165) is 56.8 Å². The van der Waals surface area contributed by atoms with Gasteiger partial charge in [0.15, 0.2) is 5.82 Å². The van der Waals surface area contributed by atoms with E-state index in [2.05, 4.69) is 32.7 Å². The average molecular weight is 342 g/mol. The second-order valence-corrected chi connectivity index (χ2v) is 6.54. The Bertz CT molecular complexity index is 663. The van der Waals surface area contributed by atoms with Crippen molar-refractivity contribution in [1.82, 2.24) is 30.4 Å². The fourth-order valence-electron chi connectivity index (χ4n) is 3.16. The highest BCUT2D eigenvalue weighted by atomic mass is 16.1. The Hall–Kier alpha value is -2.28. The summed E-state index contributed by atoms with van der Waals surface area (Å²) in [6.07, 6.45) is 3.94. The molecular weight excluding hydrogens is 316 g/mol. The van der Waals surface area contributed by atoms with Gasteiger partial charge in [0.25, 0.3) is 0 Å². The van der Waals surface area contributed by atoms with Crippen LogP contribution in [0.1, 0.15) is 38.4 Å². The van der Waals surface area contributed by atoms with Crippen molar-refractivity contribution in [2.75, 3.05) is 19.6 Å². The fourth-order valence-corrected chi connectivity index (χ4v) is 3.16. The predicted molar refractivity (Wildman–Crippen MR) is 95.1 cm³/mol.